The van der Waals surface area contributed by atoms with Crippen LogP contribution in [0.1, 0.15) is 32.6 Å². The van der Waals surface area contributed by atoms with Crippen LogP contribution in [0.3, 0.4) is 0 Å². The molecule has 3 rings (SSSR count). The SMILES string of the molecule is Cc1ccc(Nc2cccc(C=O)c2Nc2ccc(C)c(C)c2)cc1C. The van der Waals surface area contributed by atoms with Crippen LogP contribution < -0.4 is 10.6 Å². The third kappa shape index (κ3) is 3.77. The Balaban J connectivity index is 1.98. The number of anilines is 4. The van der Waals surface area contributed by atoms with Gasteiger partial charge in [0.2, 0.25) is 0 Å². The second-order valence-electron chi connectivity index (χ2n) is 6.74. The van der Waals surface area contributed by atoms with Crippen molar-refractivity contribution < 1.29 is 4.79 Å². The Kier molecular flexibility index (Phi) is 5.08. The first-order valence-corrected chi connectivity index (χ1v) is 8.74. The maximum Gasteiger partial charge on any atom is 0.152 e. The number of carbonyl (C=O) groups excluding carboxylic acids is 1. The van der Waals surface area contributed by atoms with Gasteiger partial charge in [0.15, 0.2) is 6.29 Å². The molecule has 0 spiro atoms. The Morgan fingerprint density at radius 1 is 0.692 bits per heavy atom. The Morgan fingerprint density at radius 2 is 1.27 bits per heavy atom. The number of benzene rings is 3. The summed E-state index contributed by atoms with van der Waals surface area (Å²) in [7, 11) is 0. The molecule has 2 N–H and O–H groups in total. The molecular weight excluding hydrogens is 320 g/mol. The van der Waals surface area contributed by atoms with Crippen molar-refractivity contribution in [3.05, 3.63) is 82.4 Å². The van der Waals surface area contributed by atoms with Crippen molar-refractivity contribution in [1.29, 1.82) is 0 Å². The lowest BCUT2D eigenvalue weighted by Gasteiger charge is -2.17. The van der Waals surface area contributed by atoms with Crippen LogP contribution in [0, 0.1) is 27.7 Å². The molecular formula is C23H24N2O. The Labute approximate surface area is 155 Å². The normalized spacial score (nSPS) is 10.5. The summed E-state index contributed by atoms with van der Waals surface area (Å²) in [6.07, 6.45) is 0.884. The lowest BCUT2D eigenvalue weighted by molar-refractivity contribution is 0.112. The monoisotopic (exact) mass is 344 g/mol. The van der Waals surface area contributed by atoms with Gasteiger partial charge in [-0.25, -0.2) is 0 Å². The van der Waals surface area contributed by atoms with Crippen molar-refractivity contribution in [2.24, 2.45) is 0 Å². The number of aryl methyl sites for hydroxylation is 4. The van der Waals surface area contributed by atoms with Gasteiger partial charge in [-0.2, -0.15) is 0 Å². The number of hydrogen-bond acceptors (Lipinski definition) is 3. The molecule has 3 heteroatoms. The molecule has 26 heavy (non-hydrogen) atoms. The standard InChI is InChI=1S/C23H24N2O/c1-15-8-10-20(12-17(15)3)24-22-7-5-6-19(14-26)23(22)25-21-11-9-16(2)18(4)13-21/h5-14,24-25H,1-4H3. The van der Waals surface area contributed by atoms with E-state index in [1.165, 1.54) is 22.3 Å². The van der Waals surface area contributed by atoms with Crippen LogP contribution in [0.25, 0.3) is 0 Å². The topological polar surface area (TPSA) is 41.1 Å². The smallest absolute Gasteiger partial charge is 0.152 e. The van der Waals surface area contributed by atoms with Gasteiger partial charge in [0, 0.05) is 16.9 Å². The van der Waals surface area contributed by atoms with E-state index in [9.17, 15) is 4.79 Å². The first kappa shape index (κ1) is 17.7. The molecule has 0 aromatic heterocycles. The van der Waals surface area contributed by atoms with Crippen molar-refractivity contribution in [3.8, 4) is 0 Å². The second kappa shape index (κ2) is 7.44. The molecule has 0 amide bonds. The van der Waals surface area contributed by atoms with E-state index in [0.717, 1.165) is 29.0 Å². The molecule has 0 saturated carbocycles. The summed E-state index contributed by atoms with van der Waals surface area (Å²) >= 11 is 0. The van der Waals surface area contributed by atoms with E-state index in [-0.39, 0.29) is 0 Å². The molecule has 0 unspecified atom stereocenters. The largest absolute Gasteiger partial charge is 0.354 e. The lowest BCUT2D eigenvalue weighted by Crippen LogP contribution is -2.02. The molecule has 0 heterocycles. The Hall–Kier alpha value is -3.07. The fourth-order valence-electron chi connectivity index (χ4n) is 2.85. The third-order valence-electron chi connectivity index (χ3n) is 4.79. The fraction of sp³-hybridized carbons (Fsp3) is 0.174. The van der Waals surface area contributed by atoms with E-state index >= 15 is 0 Å². The van der Waals surface area contributed by atoms with Crippen molar-refractivity contribution in [2.45, 2.75) is 27.7 Å². The highest BCUT2D eigenvalue weighted by atomic mass is 16.1. The van der Waals surface area contributed by atoms with Gasteiger partial charge >= 0.3 is 0 Å². The zero-order chi connectivity index (χ0) is 18.7. The summed E-state index contributed by atoms with van der Waals surface area (Å²) < 4.78 is 0. The zero-order valence-corrected chi connectivity index (χ0v) is 15.7. The van der Waals surface area contributed by atoms with Crippen LogP contribution >= 0.6 is 0 Å². The van der Waals surface area contributed by atoms with E-state index in [2.05, 4.69) is 68.7 Å². The van der Waals surface area contributed by atoms with E-state index < -0.39 is 0 Å². The second-order valence-corrected chi connectivity index (χ2v) is 6.74. The first-order chi connectivity index (χ1) is 12.5. The maximum atomic E-state index is 11.6. The average Bonchev–Trinajstić information content (AvgIpc) is 2.62. The van der Waals surface area contributed by atoms with E-state index in [1.807, 2.05) is 24.3 Å². The van der Waals surface area contributed by atoms with E-state index in [0.29, 0.717) is 5.56 Å². The molecule has 0 aliphatic carbocycles. The minimum atomic E-state index is 0.622. The fourth-order valence-corrected chi connectivity index (χ4v) is 2.85. The number of hydrogen-bond donors (Lipinski definition) is 2. The highest BCUT2D eigenvalue weighted by molar-refractivity contribution is 5.93. The summed E-state index contributed by atoms with van der Waals surface area (Å²) in [5.41, 5.74) is 9.17. The molecule has 3 aromatic carbocycles. The van der Waals surface area contributed by atoms with Gasteiger partial charge in [0.05, 0.1) is 11.4 Å². The van der Waals surface area contributed by atoms with Gasteiger partial charge < -0.3 is 10.6 Å². The van der Waals surface area contributed by atoms with Gasteiger partial charge in [-0.1, -0.05) is 18.2 Å². The molecule has 132 valence electrons. The van der Waals surface area contributed by atoms with Crippen molar-refractivity contribution in [2.75, 3.05) is 10.6 Å². The number of para-hydroxylation sites is 1. The molecule has 0 bridgehead atoms. The number of rotatable bonds is 5. The van der Waals surface area contributed by atoms with Crippen molar-refractivity contribution in [1.82, 2.24) is 0 Å². The van der Waals surface area contributed by atoms with Gasteiger partial charge in [0.1, 0.15) is 0 Å². The van der Waals surface area contributed by atoms with Gasteiger partial charge in [-0.15, -0.1) is 0 Å². The number of carbonyl (C=O) groups is 1. The summed E-state index contributed by atoms with van der Waals surface area (Å²) in [5, 5.41) is 6.85. The van der Waals surface area contributed by atoms with Crippen LogP contribution in [0.2, 0.25) is 0 Å². The maximum absolute atomic E-state index is 11.6. The third-order valence-corrected chi connectivity index (χ3v) is 4.79. The summed E-state index contributed by atoms with van der Waals surface area (Å²) in [4.78, 5) is 11.6. The van der Waals surface area contributed by atoms with Crippen LogP contribution in [0.4, 0.5) is 22.7 Å². The summed E-state index contributed by atoms with van der Waals surface area (Å²) in [5.74, 6) is 0. The lowest BCUT2D eigenvalue weighted by atomic mass is 10.1. The van der Waals surface area contributed by atoms with Crippen molar-refractivity contribution >= 4 is 29.0 Å². The predicted molar refractivity (Wildman–Crippen MR) is 110 cm³/mol. The molecule has 3 aromatic rings. The van der Waals surface area contributed by atoms with E-state index in [4.69, 9.17) is 0 Å². The minimum Gasteiger partial charge on any atom is -0.354 e. The van der Waals surface area contributed by atoms with Crippen LogP contribution in [-0.4, -0.2) is 6.29 Å². The molecule has 0 fully saturated rings. The Morgan fingerprint density at radius 3 is 1.81 bits per heavy atom. The quantitative estimate of drug-likeness (QED) is 0.540. The molecule has 0 radical (unpaired) electrons. The summed E-state index contributed by atoms with van der Waals surface area (Å²) in [6, 6.07) is 18.2. The molecule has 0 saturated heterocycles. The highest BCUT2D eigenvalue weighted by Gasteiger charge is 2.10. The van der Waals surface area contributed by atoms with Crippen molar-refractivity contribution in [3.63, 3.8) is 0 Å². The molecule has 0 atom stereocenters. The van der Waals surface area contributed by atoms with Gasteiger partial charge in [-0.3, -0.25) is 4.79 Å². The van der Waals surface area contributed by atoms with E-state index in [1.54, 1.807) is 0 Å². The zero-order valence-electron chi connectivity index (χ0n) is 15.7. The van der Waals surface area contributed by atoms with Gasteiger partial charge in [0.25, 0.3) is 0 Å². The Bertz CT molecular complexity index is 960. The molecule has 0 aliphatic heterocycles. The minimum absolute atomic E-state index is 0.622. The average molecular weight is 344 g/mol. The predicted octanol–water partition coefficient (Wildman–Crippen LogP) is 6.22. The molecule has 0 aliphatic rings. The van der Waals surface area contributed by atoms with Crippen LogP contribution in [0.15, 0.2) is 54.6 Å². The first-order valence-electron chi connectivity index (χ1n) is 8.74. The number of aldehydes is 1. The highest BCUT2D eigenvalue weighted by Crippen LogP contribution is 2.32. The van der Waals surface area contributed by atoms with Crippen LogP contribution in [-0.2, 0) is 0 Å². The number of nitrogens with one attached hydrogen (secondary N) is 2. The van der Waals surface area contributed by atoms with Crippen LogP contribution in [0.5, 0.6) is 0 Å². The summed E-state index contributed by atoms with van der Waals surface area (Å²) in [6.45, 7) is 8.36. The molecule has 3 nitrogen and oxygen atoms in total. The van der Waals surface area contributed by atoms with Gasteiger partial charge in [-0.05, 0) is 86.3 Å².